The third-order valence-electron chi connectivity index (χ3n) is 5.05. The molecule has 6 nitrogen and oxygen atoms in total. The monoisotopic (exact) mass is 345 g/mol. The maximum absolute atomic E-state index is 12.7. The van der Waals surface area contributed by atoms with Gasteiger partial charge in [-0.2, -0.15) is 0 Å². The molecule has 0 spiro atoms. The first-order valence-corrected chi connectivity index (χ1v) is 9.06. The van der Waals surface area contributed by atoms with Gasteiger partial charge in [-0.25, -0.2) is 0 Å². The summed E-state index contributed by atoms with van der Waals surface area (Å²) < 4.78 is 5.62. The fourth-order valence-corrected chi connectivity index (χ4v) is 3.58. The number of likely N-dealkylation sites (N-methyl/N-ethyl adjacent to an activating group) is 1. The average molecular weight is 345 g/mol. The molecule has 1 aromatic carbocycles. The molecule has 1 N–H and O–H groups in total. The van der Waals surface area contributed by atoms with E-state index in [-0.39, 0.29) is 6.10 Å². The van der Waals surface area contributed by atoms with Crippen LogP contribution in [0, 0.1) is 0 Å². The van der Waals surface area contributed by atoms with Gasteiger partial charge in [0.05, 0.1) is 12.7 Å². The summed E-state index contributed by atoms with van der Waals surface area (Å²) in [5.41, 5.74) is 3.77. The van der Waals surface area contributed by atoms with Crippen LogP contribution >= 0.6 is 0 Å². The van der Waals surface area contributed by atoms with E-state index in [0.29, 0.717) is 32.8 Å². The molecule has 0 bridgehead atoms. The summed E-state index contributed by atoms with van der Waals surface area (Å²) >= 11 is 0. The highest BCUT2D eigenvalue weighted by molar-refractivity contribution is 6.34. The number of rotatable bonds is 3. The second-order valence-electron chi connectivity index (χ2n) is 6.77. The number of hydrogen-bond donors (Lipinski definition) is 1. The van der Waals surface area contributed by atoms with Gasteiger partial charge in [0.1, 0.15) is 0 Å². The maximum Gasteiger partial charge on any atom is 0.312 e. The maximum atomic E-state index is 12.7. The predicted molar refractivity (Wildman–Crippen MR) is 95.2 cm³/mol. The van der Waals surface area contributed by atoms with E-state index >= 15 is 0 Å². The summed E-state index contributed by atoms with van der Waals surface area (Å²) in [4.78, 5) is 28.4. The lowest BCUT2D eigenvalue weighted by atomic mass is 9.93. The van der Waals surface area contributed by atoms with E-state index in [4.69, 9.17) is 4.74 Å². The van der Waals surface area contributed by atoms with Gasteiger partial charge in [0.15, 0.2) is 0 Å². The molecule has 1 unspecified atom stereocenters. The Balaban J connectivity index is 1.63. The molecule has 1 aromatic rings. The highest BCUT2D eigenvalue weighted by Gasteiger charge is 2.30. The number of ether oxygens (including phenoxy) is 1. The van der Waals surface area contributed by atoms with Crippen LogP contribution in [0.15, 0.2) is 18.2 Å². The molecule has 136 valence electrons. The first kappa shape index (κ1) is 17.9. The van der Waals surface area contributed by atoms with Crippen LogP contribution in [-0.4, -0.2) is 67.6 Å². The van der Waals surface area contributed by atoms with E-state index in [1.165, 1.54) is 21.6 Å². The summed E-state index contributed by atoms with van der Waals surface area (Å²) in [7, 11) is 1.67. The van der Waals surface area contributed by atoms with Gasteiger partial charge < -0.3 is 19.9 Å². The lowest BCUT2D eigenvalue weighted by Gasteiger charge is -2.32. The van der Waals surface area contributed by atoms with Crippen molar-refractivity contribution in [2.45, 2.75) is 32.4 Å². The Kier molecular flexibility index (Phi) is 5.71. The highest BCUT2D eigenvalue weighted by atomic mass is 16.5. The average Bonchev–Trinajstić information content (AvgIpc) is 2.66. The second kappa shape index (κ2) is 7.97. The number of benzene rings is 1. The second-order valence-corrected chi connectivity index (χ2v) is 6.77. The summed E-state index contributed by atoms with van der Waals surface area (Å²) in [5.74, 6) is -0.866. The summed E-state index contributed by atoms with van der Waals surface area (Å²) in [6.45, 7) is 5.86. The number of nitrogens with one attached hydrogen (secondary N) is 1. The Morgan fingerprint density at radius 1 is 1.40 bits per heavy atom. The Labute approximate surface area is 149 Å². The molecule has 1 saturated heterocycles. The SMILES string of the molecule is CCc1cccc2c1CN(C(=O)C(=O)N(C)CC1CNCCO1)CC2. The van der Waals surface area contributed by atoms with E-state index < -0.39 is 11.8 Å². The van der Waals surface area contributed by atoms with Crippen LogP contribution in [0.5, 0.6) is 0 Å². The van der Waals surface area contributed by atoms with Crippen molar-refractivity contribution in [1.82, 2.24) is 15.1 Å². The molecule has 6 heteroatoms. The van der Waals surface area contributed by atoms with Crippen LogP contribution in [-0.2, 0) is 33.7 Å². The van der Waals surface area contributed by atoms with Crippen molar-refractivity contribution in [3.63, 3.8) is 0 Å². The van der Waals surface area contributed by atoms with Crippen molar-refractivity contribution < 1.29 is 14.3 Å². The first-order chi connectivity index (χ1) is 12.1. The van der Waals surface area contributed by atoms with Gasteiger partial charge in [0.2, 0.25) is 0 Å². The molecule has 25 heavy (non-hydrogen) atoms. The van der Waals surface area contributed by atoms with E-state index in [2.05, 4.69) is 30.4 Å². The fraction of sp³-hybridized carbons (Fsp3) is 0.579. The minimum Gasteiger partial charge on any atom is -0.374 e. The van der Waals surface area contributed by atoms with Crippen molar-refractivity contribution in [3.05, 3.63) is 34.9 Å². The van der Waals surface area contributed by atoms with Gasteiger partial charge in [-0.1, -0.05) is 25.1 Å². The van der Waals surface area contributed by atoms with Crippen molar-refractivity contribution in [3.8, 4) is 0 Å². The molecule has 0 aromatic heterocycles. The van der Waals surface area contributed by atoms with Gasteiger partial charge in [0, 0.05) is 39.8 Å². The fourth-order valence-electron chi connectivity index (χ4n) is 3.58. The van der Waals surface area contributed by atoms with Crippen LogP contribution in [0.25, 0.3) is 0 Å². The zero-order valence-corrected chi connectivity index (χ0v) is 15.1. The lowest BCUT2D eigenvalue weighted by molar-refractivity contribution is -0.152. The first-order valence-electron chi connectivity index (χ1n) is 9.06. The van der Waals surface area contributed by atoms with Gasteiger partial charge in [-0.3, -0.25) is 9.59 Å². The minimum absolute atomic E-state index is 0.0516. The zero-order valence-electron chi connectivity index (χ0n) is 15.1. The quantitative estimate of drug-likeness (QED) is 0.814. The number of hydrogen-bond acceptors (Lipinski definition) is 4. The smallest absolute Gasteiger partial charge is 0.312 e. The molecular weight excluding hydrogens is 318 g/mol. The van der Waals surface area contributed by atoms with Crippen LogP contribution in [0.2, 0.25) is 0 Å². The molecule has 2 amide bonds. The number of fused-ring (bicyclic) bond motifs is 1. The predicted octanol–water partition coefficient (Wildman–Crippen LogP) is 0.581. The number of amides is 2. The standard InChI is InChI=1S/C19H27N3O3/c1-3-14-5-4-6-15-7-9-22(13-17(14)15)19(24)18(23)21(2)12-16-11-20-8-10-25-16/h4-6,16,20H,3,7-13H2,1-2H3. The van der Waals surface area contributed by atoms with Gasteiger partial charge >= 0.3 is 11.8 Å². The van der Waals surface area contributed by atoms with Crippen molar-refractivity contribution in [1.29, 1.82) is 0 Å². The number of morpholine rings is 1. The molecule has 0 radical (unpaired) electrons. The van der Waals surface area contributed by atoms with Crippen molar-refractivity contribution in [2.75, 3.05) is 39.8 Å². The number of aryl methyl sites for hydroxylation is 1. The lowest BCUT2D eigenvalue weighted by Crippen LogP contribution is -2.50. The van der Waals surface area contributed by atoms with Crippen LogP contribution in [0.1, 0.15) is 23.6 Å². The van der Waals surface area contributed by atoms with E-state index in [0.717, 1.165) is 19.4 Å². The summed E-state index contributed by atoms with van der Waals surface area (Å²) in [5, 5.41) is 3.24. The minimum atomic E-state index is -0.452. The highest BCUT2D eigenvalue weighted by Crippen LogP contribution is 2.23. The molecule has 1 atom stereocenters. The largest absolute Gasteiger partial charge is 0.374 e. The Morgan fingerprint density at radius 2 is 2.24 bits per heavy atom. The van der Waals surface area contributed by atoms with Crippen molar-refractivity contribution >= 4 is 11.8 Å². The topological polar surface area (TPSA) is 61.9 Å². The number of carbonyl (C=O) groups excluding carboxylic acids is 2. The number of carbonyl (C=O) groups is 2. The molecule has 2 aliphatic heterocycles. The van der Waals surface area contributed by atoms with Gasteiger partial charge in [-0.05, 0) is 29.5 Å². The molecular formula is C19H27N3O3. The summed E-state index contributed by atoms with van der Waals surface area (Å²) in [6, 6.07) is 6.30. The summed E-state index contributed by atoms with van der Waals surface area (Å²) in [6.07, 6.45) is 1.69. The Hall–Kier alpha value is -1.92. The van der Waals surface area contributed by atoms with E-state index in [9.17, 15) is 9.59 Å². The van der Waals surface area contributed by atoms with E-state index in [1.807, 2.05) is 0 Å². The van der Waals surface area contributed by atoms with Gasteiger partial charge in [0.25, 0.3) is 0 Å². The molecule has 1 fully saturated rings. The third kappa shape index (κ3) is 4.02. The van der Waals surface area contributed by atoms with E-state index in [1.54, 1.807) is 11.9 Å². The third-order valence-corrected chi connectivity index (χ3v) is 5.05. The zero-order chi connectivity index (χ0) is 17.8. The Bertz CT molecular complexity index is 627. The van der Waals surface area contributed by atoms with Crippen LogP contribution < -0.4 is 5.32 Å². The molecule has 2 aliphatic rings. The van der Waals surface area contributed by atoms with Crippen molar-refractivity contribution in [2.24, 2.45) is 0 Å². The molecule has 0 aliphatic carbocycles. The van der Waals surface area contributed by atoms with Crippen LogP contribution in [0.3, 0.4) is 0 Å². The molecule has 0 saturated carbocycles. The van der Waals surface area contributed by atoms with Crippen LogP contribution in [0.4, 0.5) is 0 Å². The number of nitrogens with zero attached hydrogens (tertiary/aromatic N) is 2. The normalized spacial score (nSPS) is 20.1. The molecule has 2 heterocycles. The van der Waals surface area contributed by atoms with Gasteiger partial charge in [-0.15, -0.1) is 0 Å². The Morgan fingerprint density at radius 3 is 2.96 bits per heavy atom. The molecule has 3 rings (SSSR count).